The number of hydrogen-bond donors (Lipinski definition) is 0. The Morgan fingerprint density at radius 1 is 1.29 bits per heavy atom. The normalized spacial score (nSPS) is 19.2. The molecule has 1 aliphatic heterocycles. The number of carbonyl (C=O) groups is 2. The largest absolute Gasteiger partial charge is 0.462 e. The molecule has 4 nitrogen and oxygen atoms in total. The van der Waals surface area contributed by atoms with Crippen molar-refractivity contribution in [2.24, 2.45) is 5.41 Å². The summed E-state index contributed by atoms with van der Waals surface area (Å²) in [5.41, 5.74) is -0.0300. The van der Waals surface area contributed by atoms with Crippen LogP contribution in [0, 0.1) is 5.41 Å². The molecule has 0 aromatic rings. The van der Waals surface area contributed by atoms with Crippen molar-refractivity contribution in [1.29, 1.82) is 0 Å². The fourth-order valence-corrected chi connectivity index (χ4v) is 2.07. The molecular weight excluding hydrogens is 268 g/mol. The SMILES string of the molecule is CCCCC/C=C/CCOC(=O)/C=C1\C(=O)OCC1(C)C. The van der Waals surface area contributed by atoms with Gasteiger partial charge in [-0.2, -0.15) is 0 Å². The van der Waals surface area contributed by atoms with Gasteiger partial charge in [-0.15, -0.1) is 0 Å². The van der Waals surface area contributed by atoms with Gasteiger partial charge in [0.25, 0.3) is 0 Å². The number of ether oxygens (including phenoxy) is 2. The molecule has 0 aromatic heterocycles. The number of unbranched alkanes of at least 4 members (excludes halogenated alkanes) is 3. The van der Waals surface area contributed by atoms with Gasteiger partial charge in [0, 0.05) is 11.5 Å². The molecule has 0 aliphatic carbocycles. The lowest BCUT2D eigenvalue weighted by Gasteiger charge is -2.13. The molecule has 0 atom stereocenters. The van der Waals surface area contributed by atoms with E-state index in [9.17, 15) is 9.59 Å². The molecule has 21 heavy (non-hydrogen) atoms. The molecule has 1 aliphatic rings. The van der Waals surface area contributed by atoms with Crippen LogP contribution in [0.5, 0.6) is 0 Å². The van der Waals surface area contributed by atoms with Crippen molar-refractivity contribution >= 4 is 11.9 Å². The van der Waals surface area contributed by atoms with Gasteiger partial charge in [0.05, 0.1) is 12.2 Å². The first-order chi connectivity index (χ1) is 9.97. The Hall–Kier alpha value is -1.58. The van der Waals surface area contributed by atoms with Crippen molar-refractivity contribution in [3.63, 3.8) is 0 Å². The summed E-state index contributed by atoms with van der Waals surface area (Å²) in [6, 6.07) is 0. The molecule has 0 bridgehead atoms. The summed E-state index contributed by atoms with van der Waals surface area (Å²) in [5.74, 6) is -0.899. The molecule has 0 spiro atoms. The third-order valence-electron chi connectivity index (χ3n) is 3.45. The van der Waals surface area contributed by atoms with Gasteiger partial charge in [-0.3, -0.25) is 0 Å². The quantitative estimate of drug-likeness (QED) is 0.297. The van der Waals surface area contributed by atoms with Gasteiger partial charge in [0.15, 0.2) is 0 Å². The summed E-state index contributed by atoms with van der Waals surface area (Å²) >= 11 is 0. The lowest BCUT2D eigenvalue weighted by molar-refractivity contribution is -0.139. The van der Waals surface area contributed by atoms with E-state index >= 15 is 0 Å². The predicted molar refractivity (Wildman–Crippen MR) is 81.7 cm³/mol. The van der Waals surface area contributed by atoms with Crippen molar-refractivity contribution in [3.8, 4) is 0 Å². The summed E-state index contributed by atoms with van der Waals surface area (Å²) in [5, 5.41) is 0. The zero-order chi connectivity index (χ0) is 15.7. The minimum absolute atomic E-state index is 0.311. The van der Waals surface area contributed by atoms with Crippen LogP contribution in [0.25, 0.3) is 0 Å². The van der Waals surface area contributed by atoms with Crippen LogP contribution in [0.1, 0.15) is 52.9 Å². The molecule has 4 heteroatoms. The second-order valence-electron chi connectivity index (χ2n) is 5.94. The molecule has 1 saturated heterocycles. The number of rotatable bonds is 8. The van der Waals surface area contributed by atoms with E-state index in [-0.39, 0.29) is 0 Å². The highest BCUT2D eigenvalue weighted by Crippen LogP contribution is 2.33. The number of hydrogen-bond acceptors (Lipinski definition) is 4. The van der Waals surface area contributed by atoms with Gasteiger partial charge in [-0.25, -0.2) is 9.59 Å². The van der Waals surface area contributed by atoms with Crippen molar-refractivity contribution in [2.45, 2.75) is 52.9 Å². The topological polar surface area (TPSA) is 52.6 Å². The van der Waals surface area contributed by atoms with Gasteiger partial charge in [-0.1, -0.05) is 45.8 Å². The molecule has 1 fully saturated rings. The third kappa shape index (κ3) is 6.15. The van der Waals surface area contributed by atoms with Gasteiger partial charge in [0.2, 0.25) is 0 Å². The molecule has 0 aromatic carbocycles. The van der Waals surface area contributed by atoms with Crippen LogP contribution in [0.2, 0.25) is 0 Å². The van der Waals surface area contributed by atoms with Gasteiger partial charge in [-0.05, 0) is 19.3 Å². The Balaban J connectivity index is 2.27. The smallest absolute Gasteiger partial charge is 0.334 e. The van der Waals surface area contributed by atoms with Crippen LogP contribution >= 0.6 is 0 Å². The summed E-state index contributed by atoms with van der Waals surface area (Å²) in [6.45, 7) is 6.57. The molecule has 0 unspecified atom stereocenters. The Bertz CT molecular complexity index is 419. The Kier molecular flexibility index (Phi) is 7.20. The molecule has 0 radical (unpaired) electrons. The second kappa shape index (κ2) is 8.65. The number of carbonyl (C=O) groups excluding carboxylic acids is 2. The maximum Gasteiger partial charge on any atom is 0.334 e. The highest BCUT2D eigenvalue weighted by molar-refractivity contribution is 5.98. The van der Waals surface area contributed by atoms with E-state index in [1.165, 1.54) is 25.3 Å². The predicted octanol–water partition coefficient (Wildman–Crippen LogP) is 3.57. The molecular formula is C17H26O4. The highest BCUT2D eigenvalue weighted by atomic mass is 16.5. The van der Waals surface area contributed by atoms with Crippen molar-refractivity contribution < 1.29 is 19.1 Å². The monoisotopic (exact) mass is 294 g/mol. The van der Waals surface area contributed by atoms with Gasteiger partial charge < -0.3 is 9.47 Å². The van der Waals surface area contributed by atoms with Gasteiger partial charge >= 0.3 is 11.9 Å². The maximum atomic E-state index is 11.7. The summed E-state index contributed by atoms with van der Waals surface area (Å²) in [7, 11) is 0. The Labute approximate surface area is 127 Å². The summed E-state index contributed by atoms with van der Waals surface area (Å²) in [4.78, 5) is 23.2. The van der Waals surface area contributed by atoms with Crippen molar-refractivity contribution in [3.05, 3.63) is 23.8 Å². The first-order valence-electron chi connectivity index (χ1n) is 7.68. The van der Waals surface area contributed by atoms with E-state index in [0.717, 1.165) is 6.42 Å². The van der Waals surface area contributed by atoms with Gasteiger partial charge in [0.1, 0.15) is 6.61 Å². The fraction of sp³-hybridized carbons (Fsp3) is 0.647. The van der Waals surface area contributed by atoms with E-state index in [1.54, 1.807) is 0 Å². The fourth-order valence-electron chi connectivity index (χ4n) is 2.07. The average molecular weight is 294 g/mol. The van der Waals surface area contributed by atoms with E-state index < -0.39 is 17.4 Å². The molecule has 0 N–H and O–H groups in total. The van der Waals surface area contributed by atoms with E-state index in [0.29, 0.717) is 25.2 Å². The Morgan fingerprint density at radius 3 is 2.62 bits per heavy atom. The third-order valence-corrected chi connectivity index (χ3v) is 3.45. The minimum atomic E-state index is -0.476. The summed E-state index contributed by atoms with van der Waals surface area (Å²) < 4.78 is 10.0. The molecule has 1 heterocycles. The minimum Gasteiger partial charge on any atom is -0.462 e. The number of esters is 2. The van der Waals surface area contributed by atoms with E-state index in [4.69, 9.17) is 9.47 Å². The van der Waals surface area contributed by atoms with Crippen molar-refractivity contribution in [1.82, 2.24) is 0 Å². The van der Waals surface area contributed by atoms with Crippen LogP contribution in [-0.2, 0) is 19.1 Å². The molecule has 118 valence electrons. The van der Waals surface area contributed by atoms with Crippen molar-refractivity contribution in [2.75, 3.05) is 13.2 Å². The molecule has 0 amide bonds. The maximum absolute atomic E-state index is 11.7. The van der Waals surface area contributed by atoms with Crippen LogP contribution in [0.15, 0.2) is 23.8 Å². The zero-order valence-electron chi connectivity index (χ0n) is 13.3. The first kappa shape index (κ1) is 17.5. The van der Waals surface area contributed by atoms with Crippen LogP contribution in [0.3, 0.4) is 0 Å². The standard InChI is InChI=1S/C17H26O4/c1-4-5-6-7-8-9-10-11-20-15(18)12-14-16(19)21-13-17(14,2)3/h8-9,12H,4-7,10-11,13H2,1-3H3/b9-8+,14-12+. The number of allylic oxidation sites excluding steroid dienone is 1. The van der Waals surface area contributed by atoms with E-state index in [2.05, 4.69) is 13.0 Å². The Morgan fingerprint density at radius 2 is 2.00 bits per heavy atom. The van der Waals surface area contributed by atoms with E-state index in [1.807, 2.05) is 19.9 Å². The zero-order valence-corrected chi connectivity index (χ0v) is 13.3. The number of cyclic esters (lactones) is 1. The van der Waals surface area contributed by atoms with Crippen LogP contribution < -0.4 is 0 Å². The lowest BCUT2D eigenvalue weighted by atomic mass is 9.87. The van der Waals surface area contributed by atoms with Crippen LogP contribution in [-0.4, -0.2) is 25.2 Å². The molecule has 1 rings (SSSR count). The lowest BCUT2D eigenvalue weighted by Crippen LogP contribution is -2.16. The average Bonchev–Trinajstić information content (AvgIpc) is 2.69. The van der Waals surface area contributed by atoms with Crippen LogP contribution in [0.4, 0.5) is 0 Å². The summed E-state index contributed by atoms with van der Waals surface area (Å²) in [6.07, 6.45) is 10.9. The second-order valence-corrected chi connectivity index (χ2v) is 5.94. The highest BCUT2D eigenvalue weighted by Gasteiger charge is 2.38. The molecule has 0 saturated carbocycles. The first-order valence-corrected chi connectivity index (χ1v) is 7.68.